The van der Waals surface area contributed by atoms with Gasteiger partial charge in [0.1, 0.15) is 33.7 Å². The molecule has 0 saturated heterocycles. The number of ether oxygens (including phenoxy) is 2. The number of anilines is 3. The van der Waals surface area contributed by atoms with Gasteiger partial charge in [0.25, 0.3) is 0 Å². The number of aryl methyl sites for hydroxylation is 4. The van der Waals surface area contributed by atoms with Crippen LogP contribution in [-0.4, -0.2) is 59.7 Å². The van der Waals surface area contributed by atoms with Crippen molar-refractivity contribution in [2.24, 2.45) is 0 Å². The summed E-state index contributed by atoms with van der Waals surface area (Å²) in [6, 6.07) is 29.1. The van der Waals surface area contributed by atoms with Gasteiger partial charge in [-0.2, -0.15) is 19.6 Å². The molecule has 0 saturated carbocycles. The van der Waals surface area contributed by atoms with Crippen LogP contribution in [-0.2, 0) is 11.2 Å². The van der Waals surface area contributed by atoms with Crippen LogP contribution < -0.4 is 20.5 Å². The second-order valence-corrected chi connectivity index (χ2v) is 15.8. The number of hydrogen-bond acceptors (Lipinski definition) is 14. The molecule has 324 valence electrons. The smallest absolute Gasteiger partial charge is 0.224 e. The summed E-state index contributed by atoms with van der Waals surface area (Å²) in [5, 5.41) is 32.2. The van der Waals surface area contributed by atoms with Crippen LogP contribution in [0.4, 0.5) is 17.2 Å². The lowest BCUT2D eigenvalue weighted by Gasteiger charge is -2.17. The van der Waals surface area contributed by atoms with E-state index in [0.29, 0.717) is 62.9 Å². The van der Waals surface area contributed by atoms with Crippen LogP contribution in [0.3, 0.4) is 0 Å². The van der Waals surface area contributed by atoms with Crippen molar-refractivity contribution >= 4 is 28.8 Å². The lowest BCUT2D eigenvalue weighted by Crippen LogP contribution is -2.17. The largest absolute Gasteiger partial charge is 0.439 e. The van der Waals surface area contributed by atoms with Crippen LogP contribution in [0.2, 0.25) is 5.15 Å². The molecule has 0 unspecified atom stereocenters. The van der Waals surface area contributed by atoms with Gasteiger partial charge >= 0.3 is 0 Å². The monoisotopic (exact) mass is 868 g/mol. The van der Waals surface area contributed by atoms with Gasteiger partial charge in [-0.25, -0.2) is 19.9 Å². The van der Waals surface area contributed by atoms with Crippen molar-refractivity contribution in [3.63, 3.8) is 0 Å². The Bertz CT molecular complexity index is 2800. The predicted octanol–water partition coefficient (Wildman–Crippen LogP) is 9.05. The lowest BCUT2D eigenvalue weighted by atomic mass is 10.0. The molecule has 0 aliphatic heterocycles. The molecule has 8 heterocycles. The molecule has 8 rings (SSSR count). The molecule has 0 aliphatic rings. The Morgan fingerprint density at radius 1 is 0.571 bits per heavy atom. The summed E-state index contributed by atoms with van der Waals surface area (Å²) in [5.41, 5.74) is 9.59. The SMILES string of the molecule is CC(C)(O)c1cc(N)ccn1.Cc1cccc(-n2nc(C)cc2Oc2ccnc(Cl)c2)n1.Cc1cccc(-n2nc(C)cc2Oc2ccnc(Nc3ccnc(C(C)(C)O)c3)c2)n1. The van der Waals surface area contributed by atoms with E-state index >= 15 is 0 Å². The second-order valence-electron chi connectivity index (χ2n) is 15.4. The zero-order valence-electron chi connectivity index (χ0n) is 36.2. The van der Waals surface area contributed by atoms with Gasteiger partial charge in [-0.15, -0.1) is 0 Å². The number of nitrogens with one attached hydrogen (secondary N) is 1. The Balaban J connectivity index is 0.000000177. The van der Waals surface area contributed by atoms with E-state index in [1.165, 1.54) is 0 Å². The molecular weight excluding hydrogens is 820 g/mol. The average molecular weight is 869 g/mol. The van der Waals surface area contributed by atoms with Crippen molar-refractivity contribution in [1.29, 1.82) is 0 Å². The van der Waals surface area contributed by atoms with Crippen molar-refractivity contribution < 1.29 is 19.7 Å². The fourth-order valence-corrected chi connectivity index (χ4v) is 5.89. The molecule has 0 radical (unpaired) electrons. The van der Waals surface area contributed by atoms with Crippen LogP contribution in [0.15, 0.2) is 122 Å². The third-order valence-corrected chi connectivity index (χ3v) is 8.93. The summed E-state index contributed by atoms with van der Waals surface area (Å²) in [6.45, 7) is 14.4. The van der Waals surface area contributed by atoms with E-state index in [0.717, 1.165) is 28.5 Å². The number of hydrogen-bond donors (Lipinski definition) is 4. The first kappa shape index (κ1) is 45.3. The predicted molar refractivity (Wildman–Crippen MR) is 242 cm³/mol. The first-order valence-electron chi connectivity index (χ1n) is 19.7. The van der Waals surface area contributed by atoms with E-state index in [1.54, 1.807) is 104 Å². The molecule has 8 aromatic heterocycles. The van der Waals surface area contributed by atoms with Gasteiger partial charge < -0.3 is 30.7 Å². The summed E-state index contributed by atoms with van der Waals surface area (Å²) in [7, 11) is 0. The number of nitrogens with two attached hydrogens (primary N) is 1. The first-order valence-corrected chi connectivity index (χ1v) is 20.1. The summed E-state index contributed by atoms with van der Waals surface area (Å²) >= 11 is 5.87. The standard InChI is InChI=1S/C23H24N6O2.C15H13ClN4O.C8H12N2O/c1-15-6-5-7-21(26-15)29-22(12-16(2)28-29)31-18-9-11-25-20(14-18)27-17-8-10-24-19(13-17)23(3,4)30;1-10-4-3-5-14(18-10)20-15(8-11(2)19-20)21-12-6-7-17-13(16)9-12;1-8(2,11)7-5-6(9)3-4-10-7/h5-14,30H,1-4H3,(H,24,25,27);3-9H,1-2H3;3-5,11H,1-2H3,(H2,9,10). The Hall–Kier alpha value is -7.27. The minimum Gasteiger partial charge on any atom is -0.439 e. The van der Waals surface area contributed by atoms with E-state index in [9.17, 15) is 10.2 Å². The molecule has 5 N–H and O–H groups in total. The highest BCUT2D eigenvalue weighted by Crippen LogP contribution is 2.29. The maximum absolute atomic E-state index is 10.2. The minimum absolute atomic E-state index is 0.379. The zero-order valence-corrected chi connectivity index (χ0v) is 36.9. The van der Waals surface area contributed by atoms with Gasteiger partial charge in [0, 0.05) is 71.8 Å². The molecular formula is C46H49ClN12O4. The number of nitrogen functional groups attached to an aromatic ring is 1. The summed E-state index contributed by atoms with van der Waals surface area (Å²) in [4.78, 5) is 25.5. The Morgan fingerprint density at radius 2 is 1.06 bits per heavy atom. The molecule has 0 aliphatic carbocycles. The molecule has 0 spiro atoms. The normalized spacial score (nSPS) is 11.2. The summed E-state index contributed by atoms with van der Waals surface area (Å²) in [5.74, 6) is 4.33. The third kappa shape index (κ3) is 12.9. The zero-order chi connectivity index (χ0) is 45.3. The van der Waals surface area contributed by atoms with Gasteiger partial charge in [0.2, 0.25) is 11.8 Å². The van der Waals surface area contributed by atoms with Crippen molar-refractivity contribution in [3.8, 4) is 34.9 Å². The van der Waals surface area contributed by atoms with E-state index < -0.39 is 11.2 Å². The molecule has 16 nitrogen and oxygen atoms in total. The van der Waals surface area contributed by atoms with Crippen LogP contribution in [0.25, 0.3) is 11.6 Å². The Morgan fingerprint density at radius 3 is 1.56 bits per heavy atom. The molecule has 8 aromatic rings. The molecule has 0 fully saturated rings. The van der Waals surface area contributed by atoms with Gasteiger partial charge in [0.15, 0.2) is 11.6 Å². The number of nitrogens with zero attached hydrogens (tertiary/aromatic N) is 10. The van der Waals surface area contributed by atoms with E-state index in [4.69, 9.17) is 26.8 Å². The Kier molecular flexibility index (Phi) is 14.1. The number of pyridine rings is 6. The summed E-state index contributed by atoms with van der Waals surface area (Å²) < 4.78 is 15.3. The third-order valence-electron chi connectivity index (χ3n) is 8.72. The van der Waals surface area contributed by atoms with Crippen molar-refractivity contribution in [2.75, 3.05) is 11.1 Å². The first-order chi connectivity index (χ1) is 29.9. The number of aromatic nitrogens is 10. The van der Waals surface area contributed by atoms with Gasteiger partial charge in [-0.05, 0) is 116 Å². The quantitative estimate of drug-likeness (QED) is 0.0946. The molecule has 0 aromatic carbocycles. The second kappa shape index (κ2) is 19.6. The molecule has 0 bridgehead atoms. The topological polar surface area (TPSA) is 210 Å². The van der Waals surface area contributed by atoms with Crippen molar-refractivity contribution in [1.82, 2.24) is 49.5 Å². The van der Waals surface area contributed by atoms with Crippen LogP contribution in [0, 0.1) is 27.7 Å². The maximum Gasteiger partial charge on any atom is 0.224 e. The highest BCUT2D eigenvalue weighted by atomic mass is 35.5. The minimum atomic E-state index is -1.03. The molecule has 63 heavy (non-hydrogen) atoms. The van der Waals surface area contributed by atoms with Crippen molar-refractivity contribution in [2.45, 2.75) is 66.6 Å². The fourth-order valence-electron chi connectivity index (χ4n) is 5.72. The van der Waals surface area contributed by atoms with E-state index in [1.807, 2.05) is 82.3 Å². The number of rotatable bonds is 10. The van der Waals surface area contributed by atoms with E-state index in [-0.39, 0.29) is 0 Å². The fraction of sp³-hybridized carbons (Fsp3) is 0.217. The lowest BCUT2D eigenvalue weighted by molar-refractivity contribution is 0.0734. The highest BCUT2D eigenvalue weighted by molar-refractivity contribution is 6.29. The molecule has 0 atom stereocenters. The van der Waals surface area contributed by atoms with Crippen LogP contribution in [0.1, 0.15) is 61.9 Å². The van der Waals surface area contributed by atoms with Gasteiger partial charge in [0.05, 0.1) is 22.8 Å². The van der Waals surface area contributed by atoms with Crippen LogP contribution in [0.5, 0.6) is 23.3 Å². The molecule has 17 heteroatoms. The van der Waals surface area contributed by atoms with Gasteiger partial charge in [-0.1, -0.05) is 23.7 Å². The number of halogens is 1. The highest BCUT2D eigenvalue weighted by Gasteiger charge is 2.19. The van der Waals surface area contributed by atoms with E-state index in [2.05, 4.69) is 45.4 Å². The maximum atomic E-state index is 10.2. The van der Waals surface area contributed by atoms with Gasteiger partial charge in [-0.3, -0.25) is 9.97 Å². The average Bonchev–Trinajstić information content (AvgIpc) is 3.78. The number of aliphatic hydroxyl groups is 2. The molecule has 0 amide bonds. The Labute approximate surface area is 370 Å². The van der Waals surface area contributed by atoms with Crippen molar-refractivity contribution in [3.05, 3.63) is 161 Å². The summed E-state index contributed by atoms with van der Waals surface area (Å²) in [6.07, 6.45) is 6.49. The van der Waals surface area contributed by atoms with Crippen LogP contribution >= 0.6 is 11.6 Å².